The third-order valence-electron chi connectivity index (χ3n) is 14.5. The summed E-state index contributed by atoms with van der Waals surface area (Å²) in [6.07, 6.45) is 40.3. The van der Waals surface area contributed by atoms with Gasteiger partial charge in [-0.25, -0.2) is 14.8 Å². The number of nitrogens with one attached hydrogen (secondary N) is 6. The number of unbranched alkanes of at least 4 members (excludes halogenated alkanes) is 22. The highest BCUT2D eigenvalue weighted by Crippen LogP contribution is 2.17. The number of carboxylic acids is 1. The SMILES string of the molecule is CCCCCCCC/C=C\CCCCCCCC(=O)NCC(CN)(CNC(=O)CCCCCCC/C=C\CCCCCCCC)CNC(=O)CC(=O)CC[C@H](NC(=O)c1ccc(NCc2cnc3nc(N)[nH]c(=O)c3n2)cc1)C(=O)O.[HH]. The highest BCUT2D eigenvalue weighted by molar-refractivity contribution is 5.99. The Morgan fingerprint density at radius 3 is 1.59 bits per heavy atom. The van der Waals surface area contributed by atoms with Gasteiger partial charge >= 0.3 is 5.97 Å². The summed E-state index contributed by atoms with van der Waals surface area (Å²) in [7, 11) is 0. The van der Waals surface area contributed by atoms with E-state index >= 15 is 0 Å². The number of carbonyl (C=O) groups excluding carboxylic acids is 5. The molecule has 11 N–H and O–H groups in total. The van der Waals surface area contributed by atoms with Gasteiger partial charge in [0.25, 0.3) is 11.5 Å². The predicted octanol–water partition coefficient (Wildman–Crippen LogP) is 10.4. The number of rotatable bonds is 48. The first kappa shape index (κ1) is 68.8. The van der Waals surface area contributed by atoms with Gasteiger partial charge in [-0.3, -0.25) is 33.8 Å². The number of allylic oxidation sites excluding steroid dienone is 4. The number of carbonyl (C=O) groups is 6. The molecule has 2 heterocycles. The molecule has 0 radical (unpaired) electrons. The molecule has 19 heteroatoms. The molecule has 0 saturated heterocycles. The summed E-state index contributed by atoms with van der Waals surface area (Å²) in [6.45, 7) is 4.82. The Balaban J connectivity index is 0.0000230. The third-order valence-corrected chi connectivity index (χ3v) is 14.5. The fourth-order valence-electron chi connectivity index (χ4n) is 9.27. The zero-order valence-corrected chi connectivity index (χ0v) is 49.0. The normalized spacial score (nSPS) is 12.0. The Bertz CT molecular complexity index is 2380. The molecule has 2 aromatic heterocycles. The number of fused-ring (bicyclic) bond motifs is 1. The number of benzene rings is 1. The molecule has 0 aliphatic heterocycles. The first-order chi connectivity index (χ1) is 39.3. The number of nitrogen functional groups attached to an aromatic ring is 1. The molecule has 1 aromatic carbocycles. The average Bonchev–Trinajstić information content (AvgIpc) is 3.59. The van der Waals surface area contributed by atoms with Crippen LogP contribution < -0.4 is 43.6 Å². The number of nitrogens with zero attached hydrogens (tertiary/aromatic N) is 3. The lowest BCUT2D eigenvalue weighted by Gasteiger charge is -2.33. The molecule has 0 aliphatic carbocycles. The minimum absolute atomic E-state index is 0. The van der Waals surface area contributed by atoms with Gasteiger partial charge in [-0.15, -0.1) is 0 Å². The summed E-state index contributed by atoms with van der Waals surface area (Å²) in [6, 6.07) is 4.79. The number of nitrogens with two attached hydrogens (primary N) is 2. The van der Waals surface area contributed by atoms with Crippen LogP contribution in [0.4, 0.5) is 11.6 Å². The van der Waals surface area contributed by atoms with E-state index in [1.807, 2.05) is 0 Å². The molecule has 81 heavy (non-hydrogen) atoms. The molecular weight excluding hydrogens is 1030 g/mol. The highest BCUT2D eigenvalue weighted by Gasteiger charge is 2.31. The largest absolute Gasteiger partial charge is 0.480 e. The number of aliphatic carboxylic acids is 1. The lowest BCUT2D eigenvalue weighted by atomic mass is 9.87. The zero-order chi connectivity index (χ0) is 58.8. The van der Waals surface area contributed by atoms with Crippen LogP contribution in [0.25, 0.3) is 11.2 Å². The fourth-order valence-corrected chi connectivity index (χ4v) is 9.27. The number of ketones is 1. The molecule has 3 aromatic rings. The molecule has 0 unspecified atom stereocenters. The summed E-state index contributed by atoms with van der Waals surface area (Å²) in [5, 5.41) is 24.3. The van der Waals surface area contributed by atoms with Gasteiger partial charge in [0.1, 0.15) is 11.8 Å². The summed E-state index contributed by atoms with van der Waals surface area (Å²) in [5.74, 6) is -3.54. The molecule has 0 fully saturated rings. The number of carboxylic acid groups (broad SMARTS) is 1. The molecule has 3 rings (SSSR count). The third kappa shape index (κ3) is 31.3. The van der Waals surface area contributed by atoms with Crippen LogP contribution in [-0.4, -0.2) is 92.6 Å². The van der Waals surface area contributed by atoms with Crippen molar-refractivity contribution in [3.63, 3.8) is 0 Å². The summed E-state index contributed by atoms with van der Waals surface area (Å²) < 4.78 is 0. The van der Waals surface area contributed by atoms with Crippen LogP contribution in [0.1, 0.15) is 230 Å². The summed E-state index contributed by atoms with van der Waals surface area (Å²) in [5.41, 5.74) is 11.8. The first-order valence-electron chi connectivity index (χ1n) is 30.5. The van der Waals surface area contributed by atoms with E-state index in [9.17, 15) is 38.7 Å². The predicted molar refractivity (Wildman–Crippen MR) is 325 cm³/mol. The van der Waals surface area contributed by atoms with Gasteiger partial charge in [-0.2, -0.15) is 4.98 Å². The molecule has 0 aliphatic rings. The van der Waals surface area contributed by atoms with Gasteiger partial charge in [0, 0.05) is 63.5 Å². The van der Waals surface area contributed by atoms with Crippen molar-refractivity contribution in [1.82, 2.24) is 41.2 Å². The van der Waals surface area contributed by atoms with Crippen LogP contribution in [0, 0.1) is 5.41 Å². The zero-order valence-electron chi connectivity index (χ0n) is 49.0. The minimum atomic E-state index is -1.42. The number of anilines is 2. The minimum Gasteiger partial charge on any atom is -0.480 e. The molecule has 452 valence electrons. The standard InChI is InChI=1S/C62H99N11O8.H2/c1-3-5-7-9-11-13-15-17-19-21-23-25-27-29-31-33-53(75)67-45-62(44-63,46-68-54(76)34-32-30-28-26-24-22-20-18-16-14-12-10-8-6-4-2)47-69-55(77)41-51(74)39-40-52(60(80)81)71-58(78)48-35-37-49(38-36-48)65-42-50-43-66-57-56(70-50)59(79)73-61(64)72-57;/h17-20,35-38,43,52,65H,3-16,21-34,39-42,44-47,63H2,1-2H3,(H,67,75)(H,68,76)(H,69,77)(H,71,78)(H,80,81)(H3,64,66,72,73,79);1H/b19-17-,20-18-;/t52-;/m0./s1. The molecular formula is C62H101N11O8. The Morgan fingerprint density at radius 1 is 0.642 bits per heavy atom. The van der Waals surface area contributed by atoms with Gasteiger partial charge in [-0.1, -0.05) is 141 Å². The van der Waals surface area contributed by atoms with Gasteiger partial charge in [0.15, 0.2) is 11.2 Å². The van der Waals surface area contributed by atoms with E-state index < -0.39 is 47.0 Å². The quantitative estimate of drug-likeness (QED) is 0.0144. The number of aromatic amines is 1. The van der Waals surface area contributed by atoms with E-state index in [0.717, 1.165) is 89.9 Å². The molecule has 19 nitrogen and oxygen atoms in total. The van der Waals surface area contributed by atoms with Gasteiger partial charge in [-0.05, 0) is 94.9 Å². The van der Waals surface area contributed by atoms with Crippen LogP contribution in [0.15, 0.2) is 59.6 Å². The Morgan fingerprint density at radius 2 is 1.11 bits per heavy atom. The number of hydrogen-bond acceptors (Lipinski definition) is 13. The average molecular weight is 1130 g/mol. The van der Waals surface area contributed by atoms with Crippen molar-refractivity contribution >= 4 is 58.2 Å². The van der Waals surface area contributed by atoms with Crippen molar-refractivity contribution in [3.8, 4) is 0 Å². The van der Waals surface area contributed by atoms with E-state index in [-0.39, 0.29) is 81.5 Å². The number of H-pyrrole nitrogens is 1. The summed E-state index contributed by atoms with van der Waals surface area (Å²) >= 11 is 0. The maximum atomic E-state index is 13.2. The van der Waals surface area contributed by atoms with Crippen molar-refractivity contribution in [2.75, 3.05) is 37.2 Å². The molecule has 1 atom stereocenters. The Kier molecular flexibility index (Phi) is 36.0. The molecule has 0 spiro atoms. The van der Waals surface area contributed by atoms with E-state index in [2.05, 4.69) is 84.7 Å². The Hall–Kier alpha value is -6.50. The van der Waals surface area contributed by atoms with Crippen LogP contribution in [0.3, 0.4) is 0 Å². The maximum absolute atomic E-state index is 13.2. The lowest BCUT2D eigenvalue weighted by molar-refractivity contribution is -0.139. The molecule has 0 bridgehead atoms. The van der Waals surface area contributed by atoms with E-state index in [1.165, 1.54) is 95.4 Å². The monoisotopic (exact) mass is 1130 g/mol. The van der Waals surface area contributed by atoms with Crippen LogP contribution in [0.5, 0.6) is 0 Å². The van der Waals surface area contributed by atoms with Crippen LogP contribution in [0.2, 0.25) is 0 Å². The van der Waals surface area contributed by atoms with E-state index in [0.29, 0.717) is 24.2 Å². The highest BCUT2D eigenvalue weighted by atomic mass is 16.4. The number of aromatic nitrogens is 4. The van der Waals surface area contributed by atoms with Gasteiger partial charge < -0.3 is 43.2 Å². The Labute approximate surface area is 483 Å². The second-order valence-corrected chi connectivity index (χ2v) is 21.7. The van der Waals surface area contributed by atoms with E-state index in [1.54, 1.807) is 12.1 Å². The second kappa shape index (κ2) is 42.4. The fraction of sp³-hybridized carbons (Fsp3) is 0.645. The van der Waals surface area contributed by atoms with E-state index in [4.69, 9.17) is 11.5 Å². The van der Waals surface area contributed by atoms with Crippen molar-refractivity contribution in [2.24, 2.45) is 11.1 Å². The van der Waals surface area contributed by atoms with Crippen LogP contribution in [-0.2, 0) is 30.5 Å². The van der Waals surface area contributed by atoms with Gasteiger partial charge in [0.05, 0.1) is 24.9 Å². The maximum Gasteiger partial charge on any atom is 0.326 e. The smallest absolute Gasteiger partial charge is 0.326 e. The summed E-state index contributed by atoms with van der Waals surface area (Å²) in [4.78, 5) is 105. The number of hydrogen-bond donors (Lipinski definition) is 9. The lowest BCUT2D eigenvalue weighted by Crippen LogP contribution is -2.55. The second-order valence-electron chi connectivity index (χ2n) is 21.7. The molecule has 4 amide bonds. The molecule has 0 saturated carbocycles. The topological polar surface area (TPSA) is 306 Å². The first-order valence-corrected chi connectivity index (χ1v) is 30.5. The van der Waals surface area contributed by atoms with Crippen molar-refractivity contribution in [3.05, 3.63) is 76.4 Å². The van der Waals surface area contributed by atoms with Crippen LogP contribution >= 0.6 is 0 Å². The van der Waals surface area contributed by atoms with Crippen molar-refractivity contribution in [2.45, 2.75) is 225 Å². The van der Waals surface area contributed by atoms with Crippen molar-refractivity contribution in [1.29, 1.82) is 0 Å². The van der Waals surface area contributed by atoms with Crippen molar-refractivity contribution < 1.29 is 35.3 Å². The van der Waals surface area contributed by atoms with Gasteiger partial charge in [0.2, 0.25) is 23.7 Å². The number of Topliss-reactive ketones (excluding diaryl/α,β-unsaturated/α-hetero) is 1. The number of amides is 4.